The first kappa shape index (κ1) is 12.5. The monoisotopic (exact) mass is 288 g/mol. The van der Waals surface area contributed by atoms with E-state index in [1.165, 1.54) is 23.1 Å². The number of carbonyl (C=O) groups excluding carboxylic acids is 2. The van der Waals surface area contributed by atoms with Crippen LogP contribution < -0.4 is 10.0 Å². The number of carboxylic acids is 1. The maximum Gasteiger partial charge on any atom is 0.234 e. The van der Waals surface area contributed by atoms with Crippen molar-refractivity contribution in [1.29, 1.82) is 0 Å². The van der Waals surface area contributed by atoms with Crippen molar-refractivity contribution >= 4 is 17.6 Å². The normalized spacial score (nSPS) is 36.3. The summed E-state index contributed by atoms with van der Waals surface area (Å²) in [4.78, 5) is 25.2. The van der Waals surface area contributed by atoms with Gasteiger partial charge in [-0.25, -0.2) is 4.39 Å². The molecular formula is C15H11FNO4-. The van der Waals surface area contributed by atoms with Crippen molar-refractivity contribution in [2.75, 3.05) is 11.4 Å². The van der Waals surface area contributed by atoms with Gasteiger partial charge in [0.1, 0.15) is 11.4 Å². The van der Waals surface area contributed by atoms with Crippen molar-refractivity contribution in [3.05, 3.63) is 42.2 Å². The van der Waals surface area contributed by atoms with Crippen molar-refractivity contribution in [2.45, 2.75) is 11.7 Å². The lowest BCUT2D eigenvalue weighted by molar-refractivity contribution is -0.313. The fourth-order valence-corrected chi connectivity index (χ4v) is 3.64. The number of halogens is 1. The fraction of sp³-hybridized carbons (Fsp3) is 0.333. The molecule has 4 atom stereocenters. The van der Waals surface area contributed by atoms with Crippen molar-refractivity contribution in [2.24, 2.45) is 11.8 Å². The van der Waals surface area contributed by atoms with Gasteiger partial charge in [0.15, 0.2) is 0 Å². The second-order valence-corrected chi connectivity index (χ2v) is 5.59. The Morgan fingerprint density at radius 1 is 1.43 bits per heavy atom. The third kappa shape index (κ3) is 1.48. The zero-order chi connectivity index (χ0) is 14.8. The lowest BCUT2D eigenvalue weighted by Crippen LogP contribution is -2.45. The van der Waals surface area contributed by atoms with Crippen LogP contribution >= 0.6 is 0 Å². The number of ether oxygens (including phenoxy) is 1. The van der Waals surface area contributed by atoms with Crippen molar-refractivity contribution in [3.8, 4) is 0 Å². The summed E-state index contributed by atoms with van der Waals surface area (Å²) in [5.74, 6) is -4.12. The SMILES string of the molecule is O=C([O-])[C@H]1[C@@H]2C=C[C@]3(CN(c4ccccc4F)C(=O)[C@@H]13)O2. The molecule has 0 saturated carbocycles. The minimum atomic E-state index is -1.31. The molecule has 1 aromatic rings. The Labute approximate surface area is 119 Å². The van der Waals surface area contributed by atoms with Crippen molar-refractivity contribution in [3.63, 3.8) is 0 Å². The van der Waals surface area contributed by atoms with Crippen LogP contribution in [-0.2, 0) is 14.3 Å². The summed E-state index contributed by atoms with van der Waals surface area (Å²) >= 11 is 0. The van der Waals surface area contributed by atoms with Crippen LogP contribution in [0, 0.1) is 17.7 Å². The van der Waals surface area contributed by atoms with E-state index in [1.807, 2.05) is 0 Å². The summed E-state index contributed by atoms with van der Waals surface area (Å²) in [6.07, 6.45) is 2.74. The van der Waals surface area contributed by atoms with Crippen LogP contribution in [-0.4, -0.2) is 30.1 Å². The van der Waals surface area contributed by atoms with Crippen molar-refractivity contribution in [1.82, 2.24) is 0 Å². The summed E-state index contributed by atoms with van der Waals surface area (Å²) < 4.78 is 19.6. The molecule has 0 radical (unpaired) electrons. The highest BCUT2D eigenvalue weighted by molar-refractivity contribution is 6.02. The molecule has 1 spiro atoms. The van der Waals surface area contributed by atoms with E-state index in [4.69, 9.17) is 4.74 Å². The highest BCUT2D eigenvalue weighted by atomic mass is 19.1. The molecule has 1 aromatic carbocycles. The summed E-state index contributed by atoms with van der Waals surface area (Å²) in [7, 11) is 0. The zero-order valence-electron chi connectivity index (χ0n) is 10.9. The van der Waals surface area contributed by atoms with Crippen LogP contribution in [0.25, 0.3) is 0 Å². The van der Waals surface area contributed by atoms with Gasteiger partial charge in [-0.05, 0) is 12.1 Å². The molecule has 2 saturated heterocycles. The van der Waals surface area contributed by atoms with Gasteiger partial charge >= 0.3 is 0 Å². The molecule has 2 fully saturated rings. The predicted octanol–water partition coefficient (Wildman–Crippen LogP) is -0.138. The molecule has 108 valence electrons. The number of anilines is 1. The number of hydrogen-bond donors (Lipinski definition) is 0. The summed E-state index contributed by atoms with van der Waals surface area (Å²) in [6.45, 7) is 0.119. The standard InChI is InChI=1S/C15H12FNO4/c16-8-3-1-2-4-9(8)17-7-15-6-5-10(21-15)11(14(19)20)12(15)13(17)18/h1-6,10-12H,7H2,(H,19,20)/p-1/t10-,11-,12+,15+/m0/s1. The quantitative estimate of drug-likeness (QED) is 0.710. The molecule has 3 aliphatic heterocycles. The van der Waals surface area contributed by atoms with Crippen LogP contribution in [0.1, 0.15) is 0 Å². The number of carbonyl (C=O) groups is 2. The van der Waals surface area contributed by atoms with E-state index in [-0.39, 0.29) is 12.2 Å². The molecule has 0 aliphatic carbocycles. The summed E-state index contributed by atoms with van der Waals surface area (Å²) in [5.41, 5.74) is -0.835. The maximum absolute atomic E-state index is 13.9. The fourth-order valence-electron chi connectivity index (χ4n) is 3.64. The number of rotatable bonds is 2. The molecular weight excluding hydrogens is 277 g/mol. The maximum atomic E-state index is 13.9. The number of amides is 1. The highest BCUT2D eigenvalue weighted by Gasteiger charge is 2.65. The lowest BCUT2D eigenvalue weighted by Gasteiger charge is -2.24. The van der Waals surface area contributed by atoms with Crippen LogP contribution in [0.4, 0.5) is 10.1 Å². The Hall–Kier alpha value is -2.21. The van der Waals surface area contributed by atoms with Gasteiger partial charge in [0.05, 0.1) is 24.3 Å². The Kier molecular flexibility index (Phi) is 2.34. The van der Waals surface area contributed by atoms with Crippen LogP contribution in [0.3, 0.4) is 0 Å². The highest BCUT2D eigenvalue weighted by Crippen LogP contribution is 2.52. The molecule has 4 rings (SSSR count). The Morgan fingerprint density at radius 3 is 2.90 bits per heavy atom. The van der Waals surface area contributed by atoms with Crippen molar-refractivity contribution < 1.29 is 23.8 Å². The minimum Gasteiger partial charge on any atom is -0.550 e. The van der Waals surface area contributed by atoms with E-state index in [0.717, 1.165) is 0 Å². The molecule has 6 heteroatoms. The molecule has 5 nitrogen and oxygen atoms in total. The average molecular weight is 288 g/mol. The first-order chi connectivity index (χ1) is 10.0. The van der Waals surface area contributed by atoms with Gasteiger partial charge in [0.2, 0.25) is 5.91 Å². The number of carboxylic acid groups (broad SMARTS) is 1. The second kappa shape index (κ2) is 3.92. The summed E-state index contributed by atoms with van der Waals surface area (Å²) in [5, 5.41) is 11.3. The number of aliphatic carboxylic acids is 1. The van der Waals surface area contributed by atoms with Crippen LogP contribution in [0.15, 0.2) is 36.4 Å². The van der Waals surface area contributed by atoms with Gasteiger partial charge in [-0.3, -0.25) is 4.79 Å². The molecule has 3 aliphatic rings. The number of fused-ring (bicyclic) bond motifs is 1. The Balaban J connectivity index is 1.78. The van der Waals surface area contributed by atoms with Gasteiger partial charge < -0.3 is 19.5 Å². The van der Waals surface area contributed by atoms with E-state index >= 15 is 0 Å². The second-order valence-electron chi connectivity index (χ2n) is 5.59. The first-order valence-electron chi connectivity index (χ1n) is 6.67. The molecule has 2 bridgehead atoms. The average Bonchev–Trinajstić information content (AvgIpc) is 3.08. The number of benzene rings is 1. The smallest absolute Gasteiger partial charge is 0.234 e. The minimum absolute atomic E-state index is 0.119. The van der Waals surface area contributed by atoms with Crippen LogP contribution in [0.5, 0.6) is 0 Å². The van der Waals surface area contributed by atoms with Gasteiger partial charge in [-0.2, -0.15) is 0 Å². The van der Waals surface area contributed by atoms with Gasteiger partial charge in [-0.15, -0.1) is 0 Å². The molecule has 0 unspecified atom stereocenters. The number of hydrogen-bond acceptors (Lipinski definition) is 4. The van der Waals surface area contributed by atoms with E-state index in [9.17, 15) is 19.1 Å². The van der Waals surface area contributed by atoms with E-state index < -0.39 is 41.2 Å². The Bertz CT molecular complexity index is 688. The number of para-hydroxylation sites is 1. The topological polar surface area (TPSA) is 69.7 Å². The van der Waals surface area contributed by atoms with Crippen LogP contribution in [0.2, 0.25) is 0 Å². The van der Waals surface area contributed by atoms with E-state index in [0.29, 0.717) is 0 Å². The third-order valence-electron chi connectivity index (χ3n) is 4.52. The summed E-state index contributed by atoms with van der Waals surface area (Å²) in [6, 6.07) is 5.92. The number of nitrogens with zero attached hydrogens (tertiary/aromatic N) is 1. The predicted molar refractivity (Wildman–Crippen MR) is 67.5 cm³/mol. The lowest BCUT2D eigenvalue weighted by atomic mass is 9.77. The molecule has 0 aromatic heterocycles. The van der Waals surface area contributed by atoms with Gasteiger partial charge in [-0.1, -0.05) is 24.3 Å². The molecule has 21 heavy (non-hydrogen) atoms. The first-order valence-corrected chi connectivity index (χ1v) is 6.67. The molecule has 1 amide bonds. The Morgan fingerprint density at radius 2 is 2.19 bits per heavy atom. The third-order valence-corrected chi connectivity index (χ3v) is 4.52. The van der Waals surface area contributed by atoms with Gasteiger partial charge in [0.25, 0.3) is 0 Å². The van der Waals surface area contributed by atoms with E-state index in [1.54, 1.807) is 18.2 Å². The largest absolute Gasteiger partial charge is 0.550 e. The van der Waals surface area contributed by atoms with Gasteiger partial charge in [0, 0.05) is 11.9 Å². The molecule has 0 N–H and O–H groups in total. The molecule has 3 heterocycles. The zero-order valence-corrected chi connectivity index (χ0v) is 10.9. The van der Waals surface area contributed by atoms with E-state index in [2.05, 4.69) is 0 Å².